The number of aryl methyl sites for hydroxylation is 1. The molecule has 2 aromatic carbocycles. The van der Waals surface area contributed by atoms with Crippen molar-refractivity contribution >= 4 is 56.6 Å². The number of morpholine rings is 1. The maximum absolute atomic E-state index is 10.3. The van der Waals surface area contributed by atoms with Gasteiger partial charge in [0.25, 0.3) is 0 Å². The third kappa shape index (κ3) is 6.48. The van der Waals surface area contributed by atoms with Crippen molar-refractivity contribution in [3.8, 4) is 11.3 Å². The van der Waals surface area contributed by atoms with E-state index in [2.05, 4.69) is 73.3 Å². The van der Waals surface area contributed by atoms with Gasteiger partial charge in [-0.25, -0.2) is 9.97 Å². The molecule has 4 aromatic heterocycles. The quantitative estimate of drug-likeness (QED) is 0.147. The summed E-state index contributed by atoms with van der Waals surface area (Å²) in [5, 5.41) is 21.4. The van der Waals surface area contributed by atoms with E-state index in [1.165, 1.54) is 11.9 Å². The maximum atomic E-state index is 10.3. The molecule has 0 radical (unpaired) electrons. The molecule has 1 aliphatic heterocycles. The summed E-state index contributed by atoms with van der Waals surface area (Å²) in [7, 11) is 0. The van der Waals surface area contributed by atoms with Crippen molar-refractivity contribution in [3.63, 3.8) is 0 Å². The maximum Gasteiger partial charge on any atom is 0.136 e. The Hall–Kier alpha value is -4.71. The molecule has 6 aromatic rings. The monoisotopic (exact) mass is 632 g/mol. The van der Waals surface area contributed by atoms with Crippen molar-refractivity contribution in [2.75, 3.05) is 41.2 Å². The summed E-state index contributed by atoms with van der Waals surface area (Å²) in [6.07, 6.45) is 7.48. The second kappa shape index (κ2) is 12.6. The number of nitrogens with zero attached hydrogens (tertiary/aromatic N) is 6. The van der Waals surface area contributed by atoms with Gasteiger partial charge in [-0.3, -0.25) is 9.67 Å². The molecule has 0 unspecified atom stereocenters. The van der Waals surface area contributed by atoms with E-state index in [1.54, 1.807) is 13.8 Å². The molecule has 1 aliphatic rings. The molecule has 234 valence electrons. The highest BCUT2D eigenvalue weighted by Gasteiger charge is 2.18. The molecule has 46 heavy (non-hydrogen) atoms. The molecule has 0 spiro atoms. The molecule has 0 amide bonds. The van der Waals surface area contributed by atoms with E-state index < -0.39 is 5.60 Å². The molecule has 7 rings (SSSR count). The summed E-state index contributed by atoms with van der Waals surface area (Å²) in [6.45, 7) is 9.39. The van der Waals surface area contributed by atoms with Crippen LogP contribution in [0.2, 0.25) is 0 Å². The Morgan fingerprint density at radius 1 is 0.891 bits per heavy atom. The predicted molar refractivity (Wildman–Crippen MR) is 186 cm³/mol. The summed E-state index contributed by atoms with van der Waals surface area (Å²) >= 11 is 1.52. The molecule has 5 heterocycles. The van der Waals surface area contributed by atoms with Gasteiger partial charge in [0.2, 0.25) is 0 Å². The van der Waals surface area contributed by atoms with Gasteiger partial charge in [-0.05, 0) is 92.9 Å². The highest BCUT2D eigenvalue weighted by Crippen LogP contribution is 2.34. The van der Waals surface area contributed by atoms with Gasteiger partial charge >= 0.3 is 0 Å². The fraction of sp³-hybridized carbons (Fsp3) is 0.257. The van der Waals surface area contributed by atoms with Crippen LogP contribution in [0.3, 0.4) is 0 Å². The topological polar surface area (TPSA) is 113 Å². The van der Waals surface area contributed by atoms with E-state index in [0.717, 1.165) is 92.7 Å². The van der Waals surface area contributed by atoms with E-state index >= 15 is 0 Å². The third-order valence-electron chi connectivity index (χ3n) is 8.06. The first-order valence-corrected chi connectivity index (χ1v) is 16.1. The van der Waals surface area contributed by atoms with Crippen LogP contribution in [0.1, 0.15) is 19.4 Å². The van der Waals surface area contributed by atoms with Gasteiger partial charge < -0.3 is 24.8 Å². The summed E-state index contributed by atoms with van der Waals surface area (Å²) < 4.78 is 10.6. The Morgan fingerprint density at radius 2 is 1.70 bits per heavy atom. The molecular formula is C35H36N8O2S. The normalized spacial score (nSPS) is 13.8. The zero-order valence-electron chi connectivity index (χ0n) is 26.1. The average Bonchev–Trinajstić information content (AvgIpc) is 3.47. The number of fused-ring (bicyclic) bond motifs is 2. The molecule has 0 aliphatic carbocycles. The van der Waals surface area contributed by atoms with Crippen molar-refractivity contribution in [2.24, 2.45) is 0 Å². The highest BCUT2D eigenvalue weighted by atomic mass is 32.2. The Morgan fingerprint density at radius 3 is 2.46 bits per heavy atom. The van der Waals surface area contributed by atoms with Gasteiger partial charge in [-0.2, -0.15) is 5.10 Å². The first-order chi connectivity index (χ1) is 22.3. The van der Waals surface area contributed by atoms with E-state index in [9.17, 15) is 5.11 Å². The van der Waals surface area contributed by atoms with Crippen LogP contribution in [0.5, 0.6) is 0 Å². The van der Waals surface area contributed by atoms with Gasteiger partial charge in [0.15, 0.2) is 0 Å². The lowest BCUT2D eigenvalue weighted by Gasteiger charge is -2.28. The average molecular weight is 633 g/mol. The molecule has 3 N–H and O–H groups in total. The molecule has 10 nitrogen and oxygen atoms in total. The van der Waals surface area contributed by atoms with Crippen LogP contribution in [-0.4, -0.2) is 61.7 Å². The van der Waals surface area contributed by atoms with Gasteiger partial charge in [-0.1, -0.05) is 6.07 Å². The molecule has 0 atom stereocenters. The second-order valence-corrected chi connectivity index (χ2v) is 13.0. The molecule has 1 saturated heterocycles. The Balaban J connectivity index is 1.06. The van der Waals surface area contributed by atoms with E-state index in [0.29, 0.717) is 6.54 Å². The fourth-order valence-corrected chi connectivity index (χ4v) is 6.33. The first kappa shape index (κ1) is 30.0. The van der Waals surface area contributed by atoms with Crippen molar-refractivity contribution < 1.29 is 9.84 Å². The van der Waals surface area contributed by atoms with Crippen molar-refractivity contribution in [1.29, 1.82) is 0 Å². The summed E-state index contributed by atoms with van der Waals surface area (Å²) in [5.41, 5.74) is 5.21. The largest absolute Gasteiger partial charge is 0.389 e. The van der Waals surface area contributed by atoms with E-state index in [4.69, 9.17) is 9.72 Å². The van der Waals surface area contributed by atoms with Crippen LogP contribution in [0.25, 0.3) is 32.9 Å². The number of aliphatic hydroxyl groups is 1. The zero-order valence-corrected chi connectivity index (χ0v) is 26.9. The predicted octanol–water partition coefficient (Wildman–Crippen LogP) is 6.82. The van der Waals surface area contributed by atoms with Crippen LogP contribution in [0, 0.1) is 6.92 Å². The minimum atomic E-state index is -0.858. The number of aromatic nitrogens is 5. The summed E-state index contributed by atoms with van der Waals surface area (Å²) in [6, 6.07) is 20.5. The number of ether oxygens (including phenoxy) is 1. The van der Waals surface area contributed by atoms with Gasteiger partial charge in [0.05, 0.1) is 54.7 Å². The number of benzene rings is 2. The van der Waals surface area contributed by atoms with Crippen molar-refractivity contribution in [1.82, 2.24) is 24.7 Å². The van der Waals surface area contributed by atoms with Crippen LogP contribution >= 0.6 is 11.9 Å². The number of rotatable bonds is 9. The molecular weight excluding hydrogens is 597 g/mol. The number of nitrogens with one attached hydrogen (secondary N) is 2. The van der Waals surface area contributed by atoms with Crippen molar-refractivity contribution in [2.45, 2.75) is 37.8 Å². The first-order valence-electron chi connectivity index (χ1n) is 15.3. The standard InChI is InChI=1S/C35H36N8O2S/c1-23-28(9-10-31-30(23)21-39-43(31)22-35(2,3)44)34-29-18-33(37-19-24(29)12-13-36-34)40-25-4-7-27(8-5-25)46-41-32-11-6-26(20-38-32)42-14-16-45-17-15-42/h4-13,18-21,44H,14-17,22H2,1-3H3,(H,37,40)(H,38,41). The molecule has 0 bridgehead atoms. The Labute approximate surface area is 272 Å². The SMILES string of the molecule is Cc1c(-c2nccc3cnc(Nc4ccc(SNc5ccc(N6CCOCC6)cn5)cc4)cc23)ccc2c1cnn2CC(C)(C)O. The number of hydrogen-bond donors (Lipinski definition) is 3. The summed E-state index contributed by atoms with van der Waals surface area (Å²) in [5.74, 6) is 1.55. The lowest BCUT2D eigenvalue weighted by Crippen LogP contribution is -2.36. The van der Waals surface area contributed by atoms with Gasteiger partial charge in [-0.15, -0.1) is 0 Å². The zero-order chi connectivity index (χ0) is 31.7. The molecule has 0 saturated carbocycles. The Bertz CT molecular complexity index is 1980. The number of hydrogen-bond acceptors (Lipinski definition) is 10. The highest BCUT2D eigenvalue weighted by molar-refractivity contribution is 8.00. The van der Waals surface area contributed by atoms with Crippen LogP contribution in [0.15, 0.2) is 90.3 Å². The summed E-state index contributed by atoms with van der Waals surface area (Å²) in [4.78, 5) is 17.4. The number of anilines is 4. The number of pyridine rings is 3. The minimum absolute atomic E-state index is 0.416. The van der Waals surface area contributed by atoms with Crippen LogP contribution < -0.4 is 14.9 Å². The lowest BCUT2D eigenvalue weighted by atomic mass is 9.98. The van der Waals surface area contributed by atoms with E-state index in [1.807, 2.05) is 53.7 Å². The fourth-order valence-electron chi connectivity index (χ4n) is 5.71. The second-order valence-electron chi connectivity index (χ2n) is 12.1. The van der Waals surface area contributed by atoms with Crippen LogP contribution in [0.4, 0.5) is 23.0 Å². The smallest absolute Gasteiger partial charge is 0.136 e. The third-order valence-corrected chi connectivity index (χ3v) is 8.88. The van der Waals surface area contributed by atoms with E-state index in [-0.39, 0.29) is 0 Å². The minimum Gasteiger partial charge on any atom is -0.389 e. The lowest BCUT2D eigenvalue weighted by molar-refractivity contribution is 0.0591. The van der Waals surface area contributed by atoms with Crippen molar-refractivity contribution in [3.05, 3.63) is 91.0 Å². The molecule has 11 heteroatoms. The van der Waals surface area contributed by atoms with Gasteiger partial charge in [0, 0.05) is 57.8 Å². The molecule has 1 fully saturated rings. The van der Waals surface area contributed by atoms with Gasteiger partial charge in [0.1, 0.15) is 11.6 Å². The Kier molecular flexibility index (Phi) is 8.20. The van der Waals surface area contributed by atoms with Crippen LogP contribution in [-0.2, 0) is 11.3 Å².